The van der Waals surface area contributed by atoms with Crippen LogP contribution in [0.1, 0.15) is 24.2 Å². The first-order valence-electron chi connectivity index (χ1n) is 5.89. The molecule has 0 aliphatic carbocycles. The normalized spacial score (nSPS) is 12.5. The topological polar surface area (TPSA) is 20.2 Å². The van der Waals surface area contributed by atoms with Gasteiger partial charge in [0, 0.05) is 14.8 Å². The molecule has 2 rings (SSSR count). The van der Waals surface area contributed by atoms with Crippen LogP contribution in [-0.2, 0) is 0 Å². The molecule has 0 aliphatic rings. The Bertz CT molecular complexity index is 599. The number of halogens is 2. The minimum atomic E-state index is -0.711. The van der Waals surface area contributed by atoms with Crippen LogP contribution in [0.15, 0.2) is 46.2 Å². The van der Waals surface area contributed by atoms with Crippen LogP contribution in [0.5, 0.6) is 0 Å². The van der Waals surface area contributed by atoms with Crippen molar-refractivity contribution in [3.8, 4) is 0 Å². The first-order chi connectivity index (χ1) is 8.97. The highest BCUT2D eigenvalue weighted by Crippen LogP contribution is 2.35. The lowest BCUT2D eigenvalue weighted by atomic mass is 10.1. The highest BCUT2D eigenvalue weighted by atomic mass is 35.5. The molecular formula is C15H14ClFOS. The number of benzene rings is 2. The first-order valence-corrected chi connectivity index (χ1v) is 7.08. The van der Waals surface area contributed by atoms with Crippen LogP contribution in [0.2, 0.25) is 5.02 Å². The van der Waals surface area contributed by atoms with Gasteiger partial charge in [-0.2, -0.15) is 0 Å². The van der Waals surface area contributed by atoms with Crippen LogP contribution in [0, 0.1) is 12.7 Å². The average Bonchev–Trinajstić information content (AvgIpc) is 2.33. The monoisotopic (exact) mass is 296 g/mol. The van der Waals surface area contributed by atoms with Crippen molar-refractivity contribution in [2.75, 3.05) is 0 Å². The predicted molar refractivity (Wildman–Crippen MR) is 77.3 cm³/mol. The van der Waals surface area contributed by atoms with Gasteiger partial charge in [-0.3, -0.25) is 0 Å². The number of aryl methyl sites for hydroxylation is 1. The fourth-order valence-electron chi connectivity index (χ4n) is 1.74. The van der Waals surface area contributed by atoms with Gasteiger partial charge in [-0.15, -0.1) is 0 Å². The molecule has 0 saturated heterocycles. The van der Waals surface area contributed by atoms with Gasteiger partial charge in [-0.25, -0.2) is 4.39 Å². The maximum Gasteiger partial charge on any atom is 0.126 e. The van der Waals surface area contributed by atoms with E-state index in [2.05, 4.69) is 0 Å². The summed E-state index contributed by atoms with van der Waals surface area (Å²) in [5.41, 5.74) is 1.15. The summed E-state index contributed by atoms with van der Waals surface area (Å²) in [6.07, 6.45) is -0.711. The predicted octanol–water partition coefficient (Wildman–Crippen LogP) is 4.99. The number of aliphatic hydroxyl groups is 1. The second-order valence-corrected chi connectivity index (χ2v) is 5.93. The first kappa shape index (κ1) is 14.4. The van der Waals surface area contributed by atoms with Crippen molar-refractivity contribution in [2.45, 2.75) is 29.7 Å². The van der Waals surface area contributed by atoms with E-state index in [-0.39, 0.29) is 5.82 Å². The molecule has 0 saturated carbocycles. The fraction of sp³-hybridized carbons (Fsp3) is 0.200. The molecule has 2 aromatic rings. The van der Waals surface area contributed by atoms with Crippen molar-refractivity contribution >= 4 is 23.4 Å². The summed E-state index contributed by atoms with van der Waals surface area (Å²) in [5.74, 6) is -0.300. The Morgan fingerprint density at radius 1 is 1.26 bits per heavy atom. The summed E-state index contributed by atoms with van der Waals surface area (Å²) in [7, 11) is 0. The zero-order valence-electron chi connectivity index (χ0n) is 10.7. The van der Waals surface area contributed by atoms with Gasteiger partial charge in [-0.1, -0.05) is 29.4 Å². The summed E-state index contributed by atoms with van der Waals surface area (Å²) in [6, 6.07) is 10.6. The quantitative estimate of drug-likeness (QED) is 0.861. The van der Waals surface area contributed by atoms with E-state index in [0.29, 0.717) is 16.1 Å². The average molecular weight is 297 g/mol. The van der Waals surface area contributed by atoms with Crippen molar-refractivity contribution in [2.24, 2.45) is 0 Å². The Balaban J connectivity index is 2.41. The number of hydrogen-bond donors (Lipinski definition) is 1. The van der Waals surface area contributed by atoms with E-state index >= 15 is 0 Å². The molecule has 0 spiro atoms. The Labute approximate surface area is 121 Å². The van der Waals surface area contributed by atoms with Crippen molar-refractivity contribution < 1.29 is 9.50 Å². The van der Waals surface area contributed by atoms with Crippen molar-refractivity contribution in [3.63, 3.8) is 0 Å². The fourth-order valence-corrected chi connectivity index (χ4v) is 3.17. The number of rotatable bonds is 3. The van der Waals surface area contributed by atoms with Crippen LogP contribution in [0.4, 0.5) is 4.39 Å². The molecule has 4 heteroatoms. The Morgan fingerprint density at radius 3 is 2.63 bits per heavy atom. The molecule has 0 bridgehead atoms. The van der Waals surface area contributed by atoms with Gasteiger partial charge in [-0.05, 0) is 55.3 Å². The maximum atomic E-state index is 13.6. The third-order valence-corrected chi connectivity index (χ3v) is 4.06. The van der Waals surface area contributed by atoms with Crippen molar-refractivity contribution in [1.29, 1.82) is 0 Å². The van der Waals surface area contributed by atoms with E-state index in [4.69, 9.17) is 11.6 Å². The molecule has 2 aromatic carbocycles. The van der Waals surface area contributed by atoms with E-state index in [0.717, 1.165) is 9.79 Å². The second-order valence-electron chi connectivity index (χ2n) is 4.37. The molecule has 1 nitrogen and oxygen atoms in total. The van der Waals surface area contributed by atoms with Gasteiger partial charge >= 0.3 is 0 Å². The summed E-state index contributed by atoms with van der Waals surface area (Å²) in [6.45, 7) is 3.34. The molecule has 0 heterocycles. The van der Waals surface area contributed by atoms with E-state index in [9.17, 15) is 9.50 Å². The van der Waals surface area contributed by atoms with Crippen LogP contribution in [0.25, 0.3) is 0 Å². The van der Waals surface area contributed by atoms with E-state index in [1.807, 2.05) is 18.2 Å². The van der Waals surface area contributed by atoms with E-state index < -0.39 is 6.10 Å². The van der Waals surface area contributed by atoms with Crippen LogP contribution in [0.3, 0.4) is 0 Å². The SMILES string of the molecule is Cc1cc(Sc2cccc(Cl)c2)c(C(C)O)cc1F. The molecule has 0 aliphatic heterocycles. The van der Waals surface area contributed by atoms with Crippen LogP contribution >= 0.6 is 23.4 Å². The molecule has 0 aromatic heterocycles. The van der Waals surface area contributed by atoms with Crippen molar-refractivity contribution in [1.82, 2.24) is 0 Å². The molecular weight excluding hydrogens is 283 g/mol. The zero-order chi connectivity index (χ0) is 14.0. The smallest absolute Gasteiger partial charge is 0.126 e. The third-order valence-electron chi connectivity index (χ3n) is 2.77. The lowest BCUT2D eigenvalue weighted by molar-refractivity contribution is 0.196. The Hall–Kier alpha value is -1.03. The molecule has 19 heavy (non-hydrogen) atoms. The molecule has 0 radical (unpaired) electrons. The van der Waals surface area contributed by atoms with Crippen LogP contribution in [-0.4, -0.2) is 5.11 Å². The summed E-state index contributed by atoms with van der Waals surface area (Å²) in [4.78, 5) is 1.80. The van der Waals surface area contributed by atoms with Gasteiger partial charge in [0.1, 0.15) is 5.82 Å². The number of aliphatic hydroxyl groups excluding tert-OH is 1. The summed E-state index contributed by atoms with van der Waals surface area (Å²) >= 11 is 7.42. The summed E-state index contributed by atoms with van der Waals surface area (Å²) in [5, 5.41) is 10.4. The van der Waals surface area contributed by atoms with E-state index in [1.165, 1.54) is 17.8 Å². The zero-order valence-corrected chi connectivity index (χ0v) is 12.2. The summed E-state index contributed by atoms with van der Waals surface area (Å²) < 4.78 is 13.6. The van der Waals surface area contributed by atoms with Crippen molar-refractivity contribution in [3.05, 3.63) is 58.4 Å². The minimum absolute atomic E-state index is 0.300. The molecule has 0 amide bonds. The second kappa shape index (κ2) is 5.95. The lowest BCUT2D eigenvalue weighted by Gasteiger charge is -2.13. The molecule has 1 atom stereocenters. The van der Waals surface area contributed by atoms with Gasteiger partial charge < -0.3 is 5.11 Å². The van der Waals surface area contributed by atoms with Gasteiger partial charge in [0.15, 0.2) is 0 Å². The van der Waals surface area contributed by atoms with Gasteiger partial charge in [0.25, 0.3) is 0 Å². The van der Waals surface area contributed by atoms with Gasteiger partial charge in [0.05, 0.1) is 6.10 Å². The number of hydrogen-bond acceptors (Lipinski definition) is 2. The van der Waals surface area contributed by atoms with Gasteiger partial charge in [0.2, 0.25) is 0 Å². The molecule has 1 N–H and O–H groups in total. The molecule has 100 valence electrons. The van der Waals surface area contributed by atoms with Crippen LogP contribution < -0.4 is 0 Å². The molecule has 0 fully saturated rings. The molecule has 1 unspecified atom stereocenters. The largest absolute Gasteiger partial charge is 0.389 e. The lowest BCUT2D eigenvalue weighted by Crippen LogP contribution is -1.97. The Kier molecular flexibility index (Phi) is 4.50. The standard InChI is InChI=1S/C15H14ClFOS/c1-9-6-15(13(10(2)18)8-14(9)17)19-12-5-3-4-11(16)7-12/h3-8,10,18H,1-2H3. The highest BCUT2D eigenvalue weighted by Gasteiger charge is 2.13. The highest BCUT2D eigenvalue weighted by molar-refractivity contribution is 7.99. The minimum Gasteiger partial charge on any atom is -0.389 e. The third kappa shape index (κ3) is 3.50. The Morgan fingerprint density at radius 2 is 2.00 bits per heavy atom. The van der Waals surface area contributed by atoms with E-state index in [1.54, 1.807) is 26.0 Å². The maximum absolute atomic E-state index is 13.6.